The summed E-state index contributed by atoms with van der Waals surface area (Å²) in [5.41, 5.74) is 0.969. The molecule has 0 aromatic carbocycles. The Kier molecular flexibility index (Phi) is 4.07. The van der Waals surface area contributed by atoms with E-state index in [4.69, 9.17) is 11.6 Å². The molecule has 18 heavy (non-hydrogen) atoms. The Hall–Kier alpha value is -0.870. The summed E-state index contributed by atoms with van der Waals surface area (Å²) in [7, 11) is 4.26. The maximum Gasteiger partial charge on any atom is 0.137 e. The van der Waals surface area contributed by atoms with E-state index >= 15 is 0 Å². The van der Waals surface area contributed by atoms with Crippen LogP contribution in [0.1, 0.15) is 17.8 Å². The van der Waals surface area contributed by atoms with Crippen molar-refractivity contribution in [2.24, 2.45) is 5.92 Å². The summed E-state index contributed by atoms with van der Waals surface area (Å²) >= 11 is 6.12. The zero-order valence-electron chi connectivity index (χ0n) is 11.6. The fourth-order valence-corrected chi connectivity index (χ4v) is 2.81. The zero-order chi connectivity index (χ0) is 13.3. The van der Waals surface area contributed by atoms with E-state index in [1.165, 1.54) is 19.5 Å². The number of rotatable bonds is 3. The molecule has 0 amide bonds. The highest BCUT2D eigenvalue weighted by Gasteiger charge is 2.22. The molecule has 0 aliphatic carbocycles. The molecule has 1 aromatic heterocycles. The number of aromatic nitrogens is 2. The molecule has 100 valence electrons. The topological polar surface area (TPSA) is 32.3 Å². The Morgan fingerprint density at radius 1 is 1.39 bits per heavy atom. The summed E-state index contributed by atoms with van der Waals surface area (Å²) < 4.78 is 0. The van der Waals surface area contributed by atoms with Crippen LogP contribution in [0, 0.1) is 19.8 Å². The molecular weight excluding hydrogens is 248 g/mol. The van der Waals surface area contributed by atoms with Crippen LogP contribution in [-0.2, 0) is 0 Å². The molecule has 1 aliphatic rings. The second-order valence-corrected chi connectivity index (χ2v) is 5.67. The predicted molar refractivity (Wildman–Crippen MR) is 75.4 cm³/mol. The van der Waals surface area contributed by atoms with Crippen LogP contribution in [0.4, 0.5) is 5.82 Å². The quantitative estimate of drug-likeness (QED) is 0.787. The number of nitrogens with zero attached hydrogens (tertiary/aromatic N) is 4. The first-order valence-corrected chi connectivity index (χ1v) is 6.75. The monoisotopic (exact) mass is 268 g/mol. The Labute approximate surface area is 114 Å². The van der Waals surface area contributed by atoms with Gasteiger partial charge in [0.1, 0.15) is 16.8 Å². The van der Waals surface area contributed by atoms with Gasteiger partial charge in [0.15, 0.2) is 0 Å². The van der Waals surface area contributed by atoms with E-state index in [1.54, 1.807) is 0 Å². The van der Waals surface area contributed by atoms with Crippen LogP contribution in [0.15, 0.2) is 0 Å². The first kappa shape index (κ1) is 13.6. The van der Waals surface area contributed by atoms with E-state index in [2.05, 4.69) is 33.9 Å². The minimum atomic E-state index is 0.563. The average Bonchev–Trinajstić information content (AvgIpc) is 2.69. The van der Waals surface area contributed by atoms with Crippen LogP contribution in [0.5, 0.6) is 0 Å². The van der Waals surface area contributed by atoms with Crippen LogP contribution < -0.4 is 4.90 Å². The number of aryl methyl sites for hydroxylation is 1. The molecule has 1 aromatic rings. The van der Waals surface area contributed by atoms with Gasteiger partial charge < -0.3 is 9.80 Å². The molecule has 2 rings (SSSR count). The molecule has 1 unspecified atom stereocenters. The molecule has 4 nitrogen and oxygen atoms in total. The van der Waals surface area contributed by atoms with E-state index in [9.17, 15) is 0 Å². The molecular formula is C13H21ClN4. The van der Waals surface area contributed by atoms with E-state index in [0.717, 1.165) is 23.8 Å². The molecule has 0 radical (unpaired) electrons. The minimum absolute atomic E-state index is 0.563. The van der Waals surface area contributed by atoms with Gasteiger partial charge in [0.25, 0.3) is 0 Å². The Balaban J connectivity index is 2.11. The molecule has 0 spiro atoms. The van der Waals surface area contributed by atoms with Crippen molar-refractivity contribution in [1.82, 2.24) is 14.9 Å². The third kappa shape index (κ3) is 2.93. The summed E-state index contributed by atoms with van der Waals surface area (Å²) in [6, 6.07) is 0. The normalized spacial score (nSPS) is 20.4. The smallest absolute Gasteiger partial charge is 0.137 e. The highest BCUT2D eigenvalue weighted by Crippen LogP contribution is 2.24. The lowest BCUT2D eigenvalue weighted by Crippen LogP contribution is -2.28. The largest absolute Gasteiger partial charge is 0.359 e. The fourth-order valence-electron chi connectivity index (χ4n) is 2.60. The second-order valence-electron chi connectivity index (χ2n) is 5.31. The summed E-state index contributed by atoms with van der Waals surface area (Å²) in [6.07, 6.45) is 1.26. The lowest BCUT2D eigenvalue weighted by molar-refractivity contribution is 0.395. The highest BCUT2D eigenvalue weighted by atomic mass is 35.5. The average molecular weight is 269 g/mol. The number of halogens is 1. The molecule has 0 N–H and O–H groups in total. The van der Waals surface area contributed by atoms with Gasteiger partial charge in [0, 0.05) is 25.7 Å². The van der Waals surface area contributed by atoms with Gasteiger partial charge in [-0.25, -0.2) is 9.97 Å². The van der Waals surface area contributed by atoms with Gasteiger partial charge >= 0.3 is 0 Å². The van der Waals surface area contributed by atoms with Crippen molar-refractivity contribution in [3.8, 4) is 0 Å². The summed E-state index contributed by atoms with van der Waals surface area (Å²) in [5.74, 6) is 2.41. The van der Waals surface area contributed by atoms with Crippen molar-refractivity contribution in [2.75, 3.05) is 38.6 Å². The lowest BCUT2D eigenvalue weighted by atomic mass is 10.1. The third-order valence-corrected chi connectivity index (χ3v) is 3.92. The van der Waals surface area contributed by atoms with E-state index in [-0.39, 0.29) is 0 Å². The van der Waals surface area contributed by atoms with E-state index in [1.807, 2.05) is 13.8 Å². The maximum atomic E-state index is 6.12. The van der Waals surface area contributed by atoms with E-state index < -0.39 is 0 Å². The number of likely N-dealkylation sites (tertiary alicyclic amines) is 1. The van der Waals surface area contributed by atoms with Gasteiger partial charge in [0.05, 0.1) is 0 Å². The van der Waals surface area contributed by atoms with Gasteiger partial charge in [-0.15, -0.1) is 0 Å². The molecule has 2 heterocycles. The van der Waals surface area contributed by atoms with Gasteiger partial charge in [-0.05, 0) is 39.8 Å². The number of hydrogen-bond donors (Lipinski definition) is 0. The Morgan fingerprint density at radius 3 is 2.72 bits per heavy atom. The lowest BCUT2D eigenvalue weighted by Gasteiger charge is -2.24. The van der Waals surface area contributed by atoms with Crippen molar-refractivity contribution in [1.29, 1.82) is 0 Å². The number of hydrogen-bond acceptors (Lipinski definition) is 4. The van der Waals surface area contributed by atoms with Gasteiger partial charge in [-0.1, -0.05) is 11.6 Å². The van der Waals surface area contributed by atoms with Crippen molar-refractivity contribution in [3.05, 3.63) is 16.5 Å². The second kappa shape index (κ2) is 5.41. The van der Waals surface area contributed by atoms with Crippen molar-refractivity contribution >= 4 is 17.4 Å². The van der Waals surface area contributed by atoms with Crippen LogP contribution in [-0.4, -0.2) is 48.6 Å². The third-order valence-electron chi connectivity index (χ3n) is 3.56. The van der Waals surface area contributed by atoms with Gasteiger partial charge in [0.2, 0.25) is 0 Å². The molecule has 1 saturated heterocycles. The highest BCUT2D eigenvalue weighted by molar-refractivity contribution is 6.30. The molecule has 1 aliphatic heterocycles. The Morgan fingerprint density at radius 2 is 2.11 bits per heavy atom. The molecule has 1 atom stereocenters. The standard InChI is InChI=1S/C13H21ClN4/c1-9-12(14)15-10(2)16-13(9)18(4)8-11-5-6-17(3)7-11/h11H,5-8H2,1-4H3. The summed E-state index contributed by atoms with van der Waals surface area (Å²) in [5, 5.41) is 0.563. The SMILES string of the molecule is Cc1nc(Cl)c(C)c(N(C)CC2CCN(C)C2)n1. The first-order chi connectivity index (χ1) is 8.47. The predicted octanol–water partition coefficient (Wildman–Crippen LogP) is 2.13. The number of anilines is 1. The zero-order valence-corrected chi connectivity index (χ0v) is 12.3. The molecule has 0 bridgehead atoms. The van der Waals surface area contributed by atoms with Gasteiger partial charge in [-0.3, -0.25) is 0 Å². The van der Waals surface area contributed by atoms with Crippen molar-refractivity contribution in [2.45, 2.75) is 20.3 Å². The first-order valence-electron chi connectivity index (χ1n) is 6.37. The van der Waals surface area contributed by atoms with E-state index in [0.29, 0.717) is 11.1 Å². The molecule has 1 fully saturated rings. The maximum absolute atomic E-state index is 6.12. The van der Waals surface area contributed by atoms with Crippen LogP contribution in [0.3, 0.4) is 0 Å². The van der Waals surface area contributed by atoms with Gasteiger partial charge in [-0.2, -0.15) is 0 Å². The minimum Gasteiger partial charge on any atom is -0.359 e. The molecule has 5 heteroatoms. The summed E-state index contributed by atoms with van der Waals surface area (Å²) in [6.45, 7) is 7.25. The summed E-state index contributed by atoms with van der Waals surface area (Å²) in [4.78, 5) is 13.3. The fraction of sp³-hybridized carbons (Fsp3) is 0.692. The van der Waals surface area contributed by atoms with Crippen molar-refractivity contribution < 1.29 is 0 Å². The molecule has 0 saturated carbocycles. The van der Waals surface area contributed by atoms with Crippen LogP contribution >= 0.6 is 11.6 Å². The van der Waals surface area contributed by atoms with Crippen LogP contribution in [0.25, 0.3) is 0 Å². The van der Waals surface area contributed by atoms with Crippen molar-refractivity contribution in [3.63, 3.8) is 0 Å². The Bertz CT molecular complexity index is 435. The van der Waals surface area contributed by atoms with Crippen LogP contribution in [0.2, 0.25) is 5.15 Å².